The number of phenolic OH excluding ortho intramolecular Hbond substituents is 1. The molecule has 0 aliphatic carbocycles. The Bertz CT molecular complexity index is 2750. The summed E-state index contributed by atoms with van der Waals surface area (Å²) in [6.07, 6.45) is 2.38. The predicted octanol–water partition coefficient (Wildman–Crippen LogP) is 10.7. The summed E-state index contributed by atoms with van der Waals surface area (Å²) in [4.78, 5) is 37.6. The Hall–Kier alpha value is -5.25. The number of ether oxygens (including phenoxy) is 4. The first-order valence-electron chi connectivity index (χ1n) is 19.3. The smallest absolute Gasteiger partial charge is 0.276 e. The minimum Gasteiger partial charge on any atom is -0.504 e. The maximum atomic E-state index is 15.0. The van der Waals surface area contributed by atoms with Gasteiger partial charge in [-0.2, -0.15) is 0 Å². The van der Waals surface area contributed by atoms with Crippen LogP contribution in [0.25, 0.3) is 22.3 Å². The third kappa shape index (κ3) is 9.05. The molecule has 4 aromatic carbocycles. The predicted molar refractivity (Wildman–Crippen MR) is 228 cm³/mol. The van der Waals surface area contributed by atoms with Gasteiger partial charge in [0.2, 0.25) is 0 Å². The van der Waals surface area contributed by atoms with Crippen molar-refractivity contribution in [1.29, 1.82) is 0 Å². The average molecular weight is 919 g/mol. The van der Waals surface area contributed by atoms with Crippen molar-refractivity contribution in [3.63, 3.8) is 0 Å². The number of halogens is 6. The summed E-state index contributed by atoms with van der Waals surface area (Å²) in [5, 5.41) is 10.2. The molecular weight excluding hydrogens is 880 g/mol. The van der Waals surface area contributed by atoms with E-state index in [-0.39, 0.29) is 101 Å². The van der Waals surface area contributed by atoms with E-state index in [1.54, 1.807) is 58.8 Å². The van der Waals surface area contributed by atoms with E-state index in [2.05, 4.69) is 0 Å². The normalized spacial score (nSPS) is 13.7. The number of hydrogen-bond donors (Lipinski definition) is 1. The van der Waals surface area contributed by atoms with Gasteiger partial charge in [0, 0.05) is 50.8 Å². The van der Waals surface area contributed by atoms with E-state index in [0.717, 1.165) is 37.8 Å². The van der Waals surface area contributed by atoms with Gasteiger partial charge in [0.15, 0.2) is 28.8 Å². The maximum Gasteiger partial charge on any atom is 0.276 e. The van der Waals surface area contributed by atoms with Crippen LogP contribution in [0, 0.1) is 11.6 Å². The second-order valence-corrected chi connectivity index (χ2v) is 15.5. The molecule has 0 bridgehead atoms. The van der Waals surface area contributed by atoms with Gasteiger partial charge < -0.3 is 24.1 Å². The van der Waals surface area contributed by atoms with Crippen LogP contribution in [-0.4, -0.2) is 42.5 Å². The van der Waals surface area contributed by atoms with Gasteiger partial charge in [0.1, 0.15) is 33.4 Å². The first-order valence-corrected chi connectivity index (χ1v) is 20.8. The van der Waals surface area contributed by atoms with Gasteiger partial charge >= 0.3 is 0 Å². The molecule has 1 N–H and O–H groups in total. The number of para-hydroxylation sites is 4. The van der Waals surface area contributed by atoms with Crippen molar-refractivity contribution in [2.45, 2.75) is 72.0 Å². The third-order valence-electron chi connectivity index (χ3n) is 9.94. The monoisotopic (exact) mass is 916 g/mol. The molecule has 0 saturated carbocycles. The molecule has 12 nitrogen and oxygen atoms in total. The Kier molecular flexibility index (Phi) is 13.5. The molecular formula is C43H38Cl4F2N4O8. The zero-order valence-electron chi connectivity index (χ0n) is 32.7. The molecule has 0 amide bonds. The van der Waals surface area contributed by atoms with Crippen molar-refractivity contribution < 1.29 is 37.6 Å². The van der Waals surface area contributed by atoms with Crippen molar-refractivity contribution in [3.05, 3.63) is 125 Å². The molecule has 1 atom stereocenters. The molecule has 61 heavy (non-hydrogen) atoms. The van der Waals surface area contributed by atoms with E-state index in [1.165, 1.54) is 34.5 Å². The molecule has 0 spiro atoms. The lowest BCUT2D eigenvalue weighted by Crippen LogP contribution is -2.28. The van der Waals surface area contributed by atoms with Crippen LogP contribution in [0.15, 0.2) is 82.4 Å². The SMILES string of the molecule is CCOC(Oc1ccccc1Oc1cc(-c2c(Cl)n3n(c2=O)CCCC3)c(F)cc1Cl)C(C)=O.O=c1c(-c2cc(Oc3ccccc3O)c(Cl)cc2F)c(Cl)n2n1CCCC2. The van der Waals surface area contributed by atoms with Crippen LogP contribution in [0.1, 0.15) is 39.5 Å². The summed E-state index contributed by atoms with van der Waals surface area (Å²) in [5.74, 6) is -0.944. The minimum atomic E-state index is -1.11. The average Bonchev–Trinajstić information content (AvgIpc) is 3.65. The Morgan fingerprint density at radius 1 is 0.656 bits per heavy atom. The first kappa shape index (κ1) is 43.8. The second-order valence-electron chi connectivity index (χ2n) is 14.0. The van der Waals surface area contributed by atoms with E-state index in [0.29, 0.717) is 26.2 Å². The van der Waals surface area contributed by atoms with Crippen molar-refractivity contribution in [2.24, 2.45) is 0 Å². The zero-order chi connectivity index (χ0) is 43.5. The molecule has 0 saturated heterocycles. The lowest BCUT2D eigenvalue weighted by molar-refractivity contribution is -0.147. The van der Waals surface area contributed by atoms with Crippen LogP contribution in [0.4, 0.5) is 8.78 Å². The number of carbonyl (C=O) groups excluding carboxylic acids is 1. The molecule has 0 radical (unpaired) electrons. The van der Waals surface area contributed by atoms with Crippen LogP contribution in [-0.2, 0) is 35.7 Å². The Balaban J connectivity index is 0.000000189. The van der Waals surface area contributed by atoms with Crippen LogP contribution in [0.3, 0.4) is 0 Å². The van der Waals surface area contributed by atoms with E-state index in [4.69, 9.17) is 65.4 Å². The summed E-state index contributed by atoms with van der Waals surface area (Å²) in [6.45, 7) is 5.60. The van der Waals surface area contributed by atoms with E-state index in [9.17, 15) is 28.3 Å². The molecule has 18 heteroatoms. The summed E-state index contributed by atoms with van der Waals surface area (Å²) in [6, 6.07) is 17.8. The number of phenols is 1. The summed E-state index contributed by atoms with van der Waals surface area (Å²) >= 11 is 25.3. The summed E-state index contributed by atoms with van der Waals surface area (Å²) in [7, 11) is 0. The molecule has 1 unspecified atom stereocenters. The van der Waals surface area contributed by atoms with Crippen LogP contribution in [0.5, 0.6) is 34.5 Å². The van der Waals surface area contributed by atoms with Gasteiger partial charge in [-0.3, -0.25) is 23.7 Å². The summed E-state index contributed by atoms with van der Waals surface area (Å²) < 4.78 is 58.6. The first-order chi connectivity index (χ1) is 29.3. The van der Waals surface area contributed by atoms with Crippen LogP contribution in [0.2, 0.25) is 20.4 Å². The van der Waals surface area contributed by atoms with Crippen molar-refractivity contribution in [2.75, 3.05) is 6.61 Å². The Morgan fingerprint density at radius 3 is 1.52 bits per heavy atom. The molecule has 2 aliphatic rings. The third-order valence-corrected chi connectivity index (χ3v) is 11.3. The topological polar surface area (TPSA) is 128 Å². The molecule has 0 fully saturated rings. The van der Waals surface area contributed by atoms with Gasteiger partial charge in [0.25, 0.3) is 17.4 Å². The maximum absolute atomic E-state index is 15.0. The molecule has 6 aromatic rings. The molecule has 320 valence electrons. The minimum absolute atomic E-state index is 0.00854. The van der Waals surface area contributed by atoms with Gasteiger partial charge in [0.05, 0.1) is 21.2 Å². The number of nitrogens with zero attached hydrogens (tertiary/aromatic N) is 4. The molecule has 4 heterocycles. The number of Topliss-reactive ketones (excluding diaryl/α,β-unsaturated/α-hetero) is 1. The van der Waals surface area contributed by atoms with Crippen LogP contribution >= 0.6 is 46.4 Å². The number of benzene rings is 4. The zero-order valence-corrected chi connectivity index (χ0v) is 35.8. The number of ketones is 1. The number of rotatable bonds is 11. The Labute approximate surface area is 367 Å². The van der Waals surface area contributed by atoms with Gasteiger partial charge in [-0.25, -0.2) is 18.1 Å². The van der Waals surface area contributed by atoms with Crippen LogP contribution < -0.4 is 25.3 Å². The highest BCUT2D eigenvalue weighted by Gasteiger charge is 2.28. The van der Waals surface area contributed by atoms with Gasteiger partial charge in [-0.1, -0.05) is 70.7 Å². The number of fused-ring (bicyclic) bond motifs is 2. The fraction of sp³-hybridized carbons (Fsp3) is 0.279. The molecule has 8 rings (SSSR count). The standard InChI is InChI=1S/C24H23Cl2FN2O5.C19H15Cl2FN2O3/c1-3-32-24(14(2)30)34-19-9-5-4-8-18(19)33-20-12-15(17(27)13-16(20)25)21-22(26)28-10-6-7-11-29(28)23(21)31;20-12-10-13(22)11(9-16(12)27-15-6-2-1-5-14(15)25)17-18(21)23-7-3-4-8-24(23)19(17)26/h4-5,8-9,12-13,24H,3,6-7,10-11H2,1-2H3;1-2,5-6,9-10,25H,3-4,7-8H2. The number of aromatic nitrogens is 4. The van der Waals surface area contributed by atoms with Crippen molar-refractivity contribution in [1.82, 2.24) is 18.7 Å². The van der Waals surface area contributed by atoms with Crippen molar-refractivity contribution >= 4 is 52.2 Å². The van der Waals surface area contributed by atoms with E-state index >= 15 is 0 Å². The van der Waals surface area contributed by atoms with Crippen molar-refractivity contribution in [3.8, 4) is 56.8 Å². The number of carbonyl (C=O) groups is 1. The highest BCUT2D eigenvalue weighted by Crippen LogP contribution is 2.42. The second kappa shape index (κ2) is 18.8. The van der Waals surface area contributed by atoms with E-state index < -0.39 is 17.9 Å². The number of aromatic hydroxyl groups is 1. The Morgan fingerprint density at radius 2 is 1.08 bits per heavy atom. The lowest BCUT2D eigenvalue weighted by atomic mass is 10.1. The highest BCUT2D eigenvalue weighted by atomic mass is 35.5. The van der Waals surface area contributed by atoms with Gasteiger partial charge in [-0.15, -0.1) is 0 Å². The quantitative estimate of drug-likeness (QED) is 0.127. The number of hydrogen-bond acceptors (Lipinski definition) is 8. The molecule has 2 aliphatic heterocycles. The van der Waals surface area contributed by atoms with Gasteiger partial charge in [-0.05, 0) is 81.1 Å². The highest BCUT2D eigenvalue weighted by molar-refractivity contribution is 6.34. The fourth-order valence-corrected chi connectivity index (χ4v) is 8.11. The van der Waals surface area contributed by atoms with E-state index in [1.807, 2.05) is 0 Å². The summed E-state index contributed by atoms with van der Waals surface area (Å²) in [5.41, 5.74) is -0.599. The molecule has 2 aromatic heterocycles. The fourth-order valence-electron chi connectivity index (χ4n) is 7.02. The lowest BCUT2D eigenvalue weighted by Gasteiger charge is -2.19. The largest absolute Gasteiger partial charge is 0.504 e.